The number of hydrogen-bond acceptors (Lipinski definition) is 3. The second-order valence-electron chi connectivity index (χ2n) is 5.46. The van der Waals surface area contributed by atoms with E-state index in [0.29, 0.717) is 0 Å². The molecule has 0 aliphatic carbocycles. The smallest absolute Gasteiger partial charge is 0.257 e. The summed E-state index contributed by atoms with van der Waals surface area (Å²) in [4.78, 5) is 24.9. The quantitative estimate of drug-likeness (QED) is 0.486. The number of aromatic hydroxyl groups is 1. The lowest BCUT2D eigenvalue weighted by Gasteiger charge is -2.19. The van der Waals surface area contributed by atoms with E-state index in [9.17, 15) is 27.9 Å². The Morgan fingerprint density at radius 1 is 1.19 bits per heavy atom. The Morgan fingerprint density at radius 2 is 1.81 bits per heavy atom. The molecule has 0 bridgehead atoms. The molecule has 0 aromatic heterocycles. The van der Waals surface area contributed by atoms with Crippen molar-refractivity contribution < 1.29 is 27.9 Å². The second kappa shape index (κ2) is 7.73. The Hall–Kier alpha value is -3.29. The molecule has 0 heterocycles. The number of halogens is 3. The molecule has 5 nitrogen and oxygen atoms in total. The summed E-state index contributed by atoms with van der Waals surface area (Å²) in [6, 6.07) is 5.42. The van der Waals surface area contributed by atoms with Gasteiger partial charge in [0.25, 0.3) is 5.91 Å². The molecule has 0 unspecified atom stereocenters. The van der Waals surface area contributed by atoms with E-state index in [2.05, 4.69) is 11.9 Å². The highest BCUT2D eigenvalue weighted by molar-refractivity contribution is 6.01. The number of hydrogen-bond donors (Lipinski definition) is 2. The first kappa shape index (κ1) is 19.0. The van der Waals surface area contributed by atoms with Crippen molar-refractivity contribution in [1.29, 1.82) is 0 Å². The van der Waals surface area contributed by atoms with Crippen LogP contribution in [0.5, 0.6) is 5.75 Å². The van der Waals surface area contributed by atoms with Crippen LogP contribution in [0.2, 0.25) is 0 Å². The standard InChI is InChI=1S/C18H15F3N2O3/c1-3-16(25)22-11-4-5-15(24)12(8-11)18(26)23(2)9-10-6-13(19)17(21)14(20)7-10/h3-8,24H,1,9H2,2H3,(H,22,25). The molecule has 0 spiro atoms. The zero-order valence-electron chi connectivity index (χ0n) is 13.7. The van der Waals surface area contributed by atoms with Crippen molar-refractivity contribution >= 4 is 17.5 Å². The van der Waals surface area contributed by atoms with Gasteiger partial charge in [0.1, 0.15) is 5.75 Å². The zero-order valence-corrected chi connectivity index (χ0v) is 13.7. The maximum absolute atomic E-state index is 13.3. The van der Waals surface area contributed by atoms with Crippen LogP contribution in [0.1, 0.15) is 15.9 Å². The maximum Gasteiger partial charge on any atom is 0.257 e. The number of carbonyl (C=O) groups is 2. The number of phenols is 1. The van der Waals surface area contributed by atoms with Gasteiger partial charge >= 0.3 is 0 Å². The first-order valence-electron chi connectivity index (χ1n) is 7.38. The van der Waals surface area contributed by atoms with Crippen LogP contribution in [-0.2, 0) is 11.3 Å². The topological polar surface area (TPSA) is 69.6 Å². The number of benzene rings is 2. The maximum atomic E-state index is 13.3. The molecule has 0 radical (unpaired) electrons. The van der Waals surface area contributed by atoms with E-state index in [0.717, 1.165) is 23.1 Å². The predicted molar refractivity (Wildman–Crippen MR) is 89.0 cm³/mol. The van der Waals surface area contributed by atoms with E-state index in [-0.39, 0.29) is 29.1 Å². The van der Waals surface area contributed by atoms with Gasteiger partial charge < -0.3 is 15.3 Å². The van der Waals surface area contributed by atoms with Crippen LogP contribution in [0.15, 0.2) is 43.0 Å². The van der Waals surface area contributed by atoms with Crippen LogP contribution in [-0.4, -0.2) is 28.9 Å². The number of nitrogens with zero attached hydrogens (tertiary/aromatic N) is 1. The van der Waals surface area contributed by atoms with Gasteiger partial charge in [-0.2, -0.15) is 0 Å². The van der Waals surface area contributed by atoms with Gasteiger partial charge in [-0.15, -0.1) is 0 Å². The number of nitrogens with one attached hydrogen (secondary N) is 1. The molecule has 0 saturated carbocycles. The van der Waals surface area contributed by atoms with Crippen molar-refractivity contribution in [3.8, 4) is 5.75 Å². The Kier molecular flexibility index (Phi) is 5.66. The van der Waals surface area contributed by atoms with Crippen molar-refractivity contribution in [2.75, 3.05) is 12.4 Å². The van der Waals surface area contributed by atoms with Gasteiger partial charge in [-0.05, 0) is 42.0 Å². The van der Waals surface area contributed by atoms with E-state index < -0.39 is 29.3 Å². The molecule has 2 aromatic carbocycles. The lowest BCUT2D eigenvalue weighted by molar-refractivity contribution is -0.111. The summed E-state index contributed by atoms with van der Waals surface area (Å²) in [5.41, 5.74) is 0.161. The van der Waals surface area contributed by atoms with Crippen LogP contribution in [0, 0.1) is 17.5 Å². The molecule has 136 valence electrons. The van der Waals surface area contributed by atoms with Crippen LogP contribution in [0.25, 0.3) is 0 Å². The highest BCUT2D eigenvalue weighted by Crippen LogP contribution is 2.24. The third-order valence-corrected chi connectivity index (χ3v) is 3.49. The highest BCUT2D eigenvalue weighted by Gasteiger charge is 2.19. The van der Waals surface area contributed by atoms with Crippen LogP contribution in [0.4, 0.5) is 18.9 Å². The number of rotatable bonds is 5. The van der Waals surface area contributed by atoms with Crippen molar-refractivity contribution in [2.45, 2.75) is 6.54 Å². The normalized spacial score (nSPS) is 10.3. The third kappa shape index (κ3) is 4.21. The van der Waals surface area contributed by atoms with E-state index in [1.807, 2.05) is 0 Å². The van der Waals surface area contributed by atoms with Crippen molar-refractivity contribution in [3.05, 3.63) is 71.6 Å². The summed E-state index contributed by atoms with van der Waals surface area (Å²) in [6.45, 7) is 3.08. The second-order valence-corrected chi connectivity index (χ2v) is 5.46. The molecule has 2 N–H and O–H groups in total. The van der Waals surface area contributed by atoms with Crippen LogP contribution in [0.3, 0.4) is 0 Å². The molecule has 0 saturated heterocycles. The molecule has 0 atom stereocenters. The van der Waals surface area contributed by atoms with Gasteiger partial charge in [-0.25, -0.2) is 13.2 Å². The summed E-state index contributed by atoms with van der Waals surface area (Å²) >= 11 is 0. The van der Waals surface area contributed by atoms with Crippen molar-refractivity contribution in [2.24, 2.45) is 0 Å². The van der Waals surface area contributed by atoms with E-state index in [1.165, 1.54) is 25.2 Å². The predicted octanol–water partition coefficient (Wildman–Crippen LogP) is 3.21. The largest absolute Gasteiger partial charge is 0.507 e. The van der Waals surface area contributed by atoms with Gasteiger partial charge in [0.05, 0.1) is 5.56 Å². The summed E-state index contributed by atoms with van der Waals surface area (Å²) in [5, 5.41) is 12.3. The molecule has 8 heteroatoms. The molecule has 2 amide bonds. The lowest BCUT2D eigenvalue weighted by Crippen LogP contribution is -2.26. The van der Waals surface area contributed by atoms with Gasteiger partial charge in [0, 0.05) is 19.3 Å². The molecule has 2 rings (SSSR count). The van der Waals surface area contributed by atoms with E-state index in [4.69, 9.17) is 0 Å². The zero-order chi connectivity index (χ0) is 19.4. The average molecular weight is 364 g/mol. The van der Waals surface area contributed by atoms with E-state index in [1.54, 1.807) is 0 Å². The number of phenolic OH excluding ortho intramolecular Hbond substituents is 1. The minimum atomic E-state index is -1.59. The summed E-state index contributed by atoms with van der Waals surface area (Å²) in [5.74, 6) is -5.82. The minimum Gasteiger partial charge on any atom is -0.507 e. The summed E-state index contributed by atoms with van der Waals surface area (Å²) in [6.07, 6.45) is 1.04. The fourth-order valence-electron chi connectivity index (χ4n) is 2.23. The van der Waals surface area contributed by atoms with Gasteiger partial charge in [0.15, 0.2) is 17.5 Å². The Balaban J connectivity index is 2.23. The Bertz CT molecular complexity index is 861. The Labute approximate surface area is 147 Å². The summed E-state index contributed by atoms with van der Waals surface area (Å²) in [7, 11) is 1.34. The monoisotopic (exact) mass is 364 g/mol. The fraction of sp³-hybridized carbons (Fsp3) is 0.111. The molecule has 0 fully saturated rings. The number of amides is 2. The SMILES string of the molecule is C=CC(=O)Nc1ccc(O)c(C(=O)N(C)Cc2cc(F)c(F)c(F)c2)c1. The van der Waals surface area contributed by atoms with Gasteiger partial charge in [-0.3, -0.25) is 9.59 Å². The van der Waals surface area contributed by atoms with Gasteiger partial charge in [0.2, 0.25) is 5.91 Å². The molecule has 26 heavy (non-hydrogen) atoms. The molecule has 0 aliphatic heterocycles. The van der Waals surface area contributed by atoms with Crippen LogP contribution >= 0.6 is 0 Å². The molecule has 0 aliphatic rings. The van der Waals surface area contributed by atoms with E-state index >= 15 is 0 Å². The van der Waals surface area contributed by atoms with Crippen molar-refractivity contribution in [1.82, 2.24) is 4.90 Å². The fourth-order valence-corrected chi connectivity index (χ4v) is 2.23. The number of anilines is 1. The first-order chi connectivity index (χ1) is 12.2. The average Bonchev–Trinajstić information content (AvgIpc) is 2.60. The van der Waals surface area contributed by atoms with Crippen LogP contribution < -0.4 is 5.32 Å². The molecular formula is C18H15F3N2O3. The minimum absolute atomic E-state index is 0.0351. The van der Waals surface area contributed by atoms with Gasteiger partial charge in [-0.1, -0.05) is 6.58 Å². The number of carbonyl (C=O) groups excluding carboxylic acids is 2. The highest BCUT2D eigenvalue weighted by atomic mass is 19.2. The first-order valence-corrected chi connectivity index (χ1v) is 7.38. The molecular weight excluding hydrogens is 349 g/mol. The lowest BCUT2D eigenvalue weighted by atomic mass is 10.1. The molecule has 2 aromatic rings. The summed E-state index contributed by atoms with van der Waals surface area (Å²) < 4.78 is 39.6. The van der Waals surface area contributed by atoms with Crippen molar-refractivity contribution in [3.63, 3.8) is 0 Å². The third-order valence-electron chi connectivity index (χ3n) is 3.49. The Morgan fingerprint density at radius 3 is 2.38 bits per heavy atom.